The molecule has 2 aliphatic heterocycles. The molecule has 0 aliphatic carbocycles. The van der Waals surface area contributed by atoms with Crippen LogP contribution >= 0.6 is 15.9 Å². The predicted molar refractivity (Wildman–Crippen MR) is 113 cm³/mol. The number of anilines is 1. The smallest absolute Gasteiger partial charge is 0.292 e. The summed E-state index contributed by atoms with van der Waals surface area (Å²) in [4.78, 5) is 13.5. The van der Waals surface area contributed by atoms with Crippen molar-refractivity contribution >= 4 is 27.9 Å². The average Bonchev–Trinajstić information content (AvgIpc) is 3.06. The van der Waals surface area contributed by atoms with E-state index in [4.69, 9.17) is 4.74 Å². The third-order valence-electron chi connectivity index (χ3n) is 5.59. The molecule has 7 nitrogen and oxygen atoms in total. The largest absolute Gasteiger partial charge is 0.633 e. The van der Waals surface area contributed by atoms with Crippen LogP contribution in [0.25, 0.3) is 11.3 Å². The van der Waals surface area contributed by atoms with E-state index < -0.39 is 5.60 Å². The zero-order valence-corrected chi connectivity index (χ0v) is 17.6. The number of nitrogens with zero attached hydrogens (tertiary/aromatic N) is 4. The summed E-state index contributed by atoms with van der Waals surface area (Å²) < 4.78 is 6.77. The Kier molecular flexibility index (Phi) is 5.11. The van der Waals surface area contributed by atoms with Crippen LogP contribution in [0.4, 0.5) is 5.95 Å². The minimum atomic E-state index is -0.538. The van der Waals surface area contributed by atoms with E-state index in [9.17, 15) is 5.21 Å². The van der Waals surface area contributed by atoms with Crippen LogP contribution in [0.5, 0.6) is 0 Å². The lowest BCUT2D eigenvalue weighted by molar-refractivity contribution is -0.874. The third-order valence-corrected chi connectivity index (χ3v) is 6.17. The van der Waals surface area contributed by atoms with Crippen LogP contribution in [0.3, 0.4) is 0 Å². The van der Waals surface area contributed by atoms with E-state index in [1.54, 1.807) is 13.2 Å². The summed E-state index contributed by atoms with van der Waals surface area (Å²) in [6, 6.07) is 10.3. The van der Waals surface area contributed by atoms with Gasteiger partial charge in [-0.05, 0) is 22.4 Å². The van der Waals surface area contributed by atoms with Gasteiger partial charge in [0.05, 0.1) is 30.3 Å². The molecule has 1 spiro atoms. The highest BCUT2D eigenvalue weighted by molar-refractivity contribution is 9.10. The number of likely N-dealkylation sites (N-methyl/N-ethyl adjacent to an activating group) is 1. The van der Waals surface area contributed by atoms with Gasteiger partial charge in [0.2, 0.25) is 5.95 Å². The first-order chi connectivity index (χ1) is 13.4. The van der Waals surface area contributed by atoms with Gasteiger partial charge in [0.1, 0.15) is 6.54 Å². The van der Waals surface area contributed by atoms with E-state index in [0.717, 1.165) is 28.6 Å². The Labute approximate surface area is 173 Å². The lowest BCUT2D eigenvalue weighted by Crippen LogP contribution is -2.61. The normalized spacial score (nSPS) is 29.4. The van der Waals surface area contributed by atoms with Gasteiger partial charge in [-0.15, -0.1) is 0 Å². The average molecular weight is 446 g/mol. The van der Waals surface area contributed by atoms with Gasteiger partial charge in [-0.2, -0.15) is 0 Å². The van der Waals surface area contributed by atoms with Crippen LogP contribution in [0.1, 0.15) is 19.8 Å². The van der Waals surface area contributed by atoms with Crippen molar-refractivity contribution in [2.24, 2.45) is 10.9 Å². The molecule has 1 saturated heterocycles. The van der Waals surface area contributed by atoms with Crippen LogP contribution in [0.15, 0.2) is 46.0 Å². The number of likely N-dealkylation sites (tertiary alicyclic amines) is 1. The fourth-order valence-electron chi connectivity index (χ4n) is 4.19. The molecule has 0 amide bonds. The molecule has 148 valence electrons. The van der Waals surface area contributed by atoms with Crippen LogP contribution in [0.2, 0.25) is 0 Å². The number of hydrogen-bond donors (Lipinski definition) is 1. The minimum Gasteiger partial charge on any atom is -0.633 e. The number of hydrogen-bond acceptors (Lipinski definition) is 6. The highest BCUT2D eigenvalue weighted by Gasteiger charge is 2.51. The number of hydroxylamine groups is 3. The topological polar surface area (TPSA) is 82.5 Å². The molecule has 1 N–H and O–H groups in total. The van der Waals surface area contributed by atoms with Gasteiger partial charge in [-0.25, -0.2) is 15.0 Å². The first-order valence-corrected chi connectivity index (χ1v) is 10.3. The monoisotopic (exact) mass is 445 g/mol. The van der Waals surface area contributed by atoms with Gasteiger partial charge < -0.3 is 14.6 Å². The van der Waals surface area contributed by atoms with Crippen molar-refractivity contribution in [2.45, 2.75) is 25.4 Å². The molecule has 3 atom stereocenters. The van der Waals surface area contributed by atoms with Gasteiger partial charge in [-0.1, -0.05) is 37.3 Å². The summed E-state index contributed by atoms with van der Waals surface area (Å²) in [5.41, 5.74) is 1.24. The van der Waals surface area contributed by atoms with Crippen LogP contribution in [0, 0.1) is 11.1 Å². The van der Waals surface area contributed by atoms with Crippen molar-refractivity contribution in [1.82, 2.24) is 9.97 Å². The number of nitrogens with one attached hydrogen (secondary N) is 1. The van der Waals surface area contributed by atoms with Crippen molar-refractivity contribution in [1.29, 1.82) is 0 Å². The minimum absolute atomic E-state index is 0.285. The van der Waals surface area contributed by atoms with Gasteiger partial charge in [0.15, 0.2) is 5.60 Å². The Morgan fingerprint density at radius 2 is 2.14 bits per heavy atom. The Morgan fingerprint density at radius 1 is 1.36 bits per heavy atom. The van der Waals surface area contributed by atoms with Gasteiger partial charge in [-0.3, -0.25) is 5.32 Å². The Balaban J connectivity index is 1.53. The summed E-state index contributed by atoms with van der Waals surface area (Å²) >= 11 is 3.52. The fourth-order valence-corrected chi connectivity index (χ4v) is 4.61. The van der Waals surface area contributed by atoms with Gasteiger partial charge >= 0.3 is 0 Å². The molecule has 2 aliphatic rings. The maximum Gasteiger partial charge on any atom is 0.292 e. The first-order valence-electron chi connectivity index (χ1n) is 9.55. The lowest BCUT2D eigenvalue weighted by atomic mass is 9.79. The molecule has 1 fully saturated rings. The maximum atomic E-state index is 12.6. The summed E-state index contributed by atoms with van der Waals surface area (Å²) in [5, 5.41) is 15.7. The SMILES string of the molecule is CCC1CC[N+](C)([O-])C[C@@]12CN=C(Nc1ncc(Br)c(-c3ccccc3)n1)O2. The van der Waals surface area contributed by atoms with Crippen LogP contribution in [-0.2, 0) is 4.74 Å². The van der Waals surface area contributed by atoms with E-state index >= 15 is 0 Å². The van der Waals surface area contributed by atoms with Crippen molar-refractivity contribution in [3.63, 3.8) is 0 Å². The van der Waals surface area contributed by atoms with Crippen molar-refractivity contribution in [3.8, 4) is 11.3 Å². The number of quaternary nitrogens is 1. The third kappa shape index (κ3) is 3.76. The number of ether oxygens (including phenoxy) is 1. The first kappa shape index (κ1) is 19.3. The quantitative estimate of drug-likeness (QED) is 0.573. The highest BCUT2D eigenvalue weighted by Crippen LogP contribution is 2.39. The number of aromatic nitrogens is 2. The second-order valence-electron chi connectivity index (χ2n) is 7.74. The van der Waals surface area contributed by atoms with Crippen molar-refractivity contribution < 1.29 is 9.38 Å². The zero-order valence-electron chi connectivity index (χ0n) is 16.1. The number of amidine groups is 1. The lowest BCUT2D eigenvalue weighted by Gasteiger charge is -2.51. The molecule has 2 aromatic rings. The van der Waals surface area contributed by atoms with Gasteiger partial charge in [0, 0.05) is 24.1 Å². The summed E-state index contributed by atoms with van der Waals surface area (Å²) in [6.45, 7) is 3.68. The Hall–Kier alpha value is -2.03. The van der Waals surface area contributed by atoms with E-state index in [-0.39, 0.29) is 4.65 Å². The number of halogens is 1. The molecule has 4 rings (SSSR count). The molecule has 2 unspecified atom stereocenters. The summed E-state index contributed by atoms with van der Waals surface area (Å²) in [6.07, 6.45) is 3.53. The molecule has 0 bridgehead atoms. The van der Waals surface area contributed by atoms with Gasteiger partial charge in [0.25, 0.3) is 6.02 Å². The zero-order chi connectivity index (χ0) is 19.8. The van der Waals surface area contributed by atoms with E-state index in [0.29, 0.717) is 37.5 Å². The predicted octanol–water partition coefficient (Wildman–Crippen LogP) is 3.82. The molecule has 1 aromatic carbocycles. The molecule has 8 heteroatoms. The van der Waals surface area contributed by atoms with E-state index in [1.807, 2.05) is 30.3 Å². The molecular weight excluding hydrogens is 422 g/mol. The van der Waals surface area contributed by atoms with Crippen molar-refractivity contribution in [3.05, 3.63) is 46.2 Å². The molecular formula is C20H24BrN5O2. The summed E-state index contributed by atoms with van der Waals surface area (Å²) in [7, 11) is 1.71. The highest BCUT2D eigenvalue weighted by atomic mass is 79.9. The summed E-state index contributed by atoms with van der Waals surface area (Å²) in [5.74, 6) is 0.738. The van der Waals surface area contributed by atoms with Crippen LogP contribution in [-0.4, -0.2) is 52.9 Å². The van der Waals surface area contributed by atoms with E-state index in [2.05, 4.69) is 43.1 Å². The molecule has 28 heavy (non-hydrogen) atoms. The Bertz CT molecular complexity index is 889. The number of benzene rings is 1. The molecule has 0 saturated carbocycles. The second-order valence-corrected chi connectivity index (χ2v) is 8.60. The van der Waals surface area contributed by atoms with Crippen LogP contribution < -0.4 is 5.32 Å². The number of piperidine rings is 1. The second kappa shape index (κ2) is 7.42. The standard InChI is InChI=1S/C20H24BrN5O2/c1-3-15-9-10-26(2,27)13-20(15)12-23-19(28-20)25-18-22-11-16(21)17(24-18)14-7-5-4-6-8-14/h4-8,11,15H,3,9-10,12-13H2,1-2H3,(H,22,23,24,25)/t15?,20-,26?/m0/s1. The Morgan fingerprint density at radius 3 is 2.89 bits per heavy atom. The molecule has 3 heterocycles. The van der Waals surface area contributed by atoms with E-state index in [1.165, 1.54) is 0 Å². The fraction of sp³-hybridized carbons (Fsp3) is 0.450. The molecule has 0 radical (unpaired) electrons. The van der Waals surface area contributed by atoms with Crippen molar-refractivity contribution in [2.75, 3.05) is 32.0 Å². The maximum absolute atomic E-state index is 12.6. The number of aliphatic imine (C=N–C) groups is 1. The molecule has 1 aromatic heterocycles. The number of rotatable bonds is 3.